The van der Waals surface area contributed by atoms with Crippen molar-refractivity contribution in [1.82, 2.24) is 5.32 Å². The smallest absolute Gasteiger partial charge is 0.338 e. The average Bonchev–Trinajstić information content (AvgIpc) is 2.75. The zero-order valence-electron chi connectivity index (χ0n) is 12.0. The summed E-state index contributed by atoms with van der Waals surface area (Å²) in [4.78, 5) is 11.7. The Morgan fingerprint density at radius 3 is 2.79 bits per heavy atom. The normalized spacial score (nSPS) is 21.3. The first-order valence-electron chi connectivity index (χ1n) is 6.91. The molecule has 19 heavy (non-hydrogen) atoms. The third-order valence-corrected chi connectivity index (χ3v) is 3.97. The fourth-order valence-corrected chi connectivity index (χ4v) is 2.85. The van der Waals surface area contributed by atoms with E-state index in [1.54, 1.807) is 0 Å². The molecule has 0 bridgehead atoms. The van der Waals surface area contributed by atoms with Crippen LogP contribution in [0.1, 0.15) is 49.0 Å². The highest BCUT2D eigenvalue weighted by Gasteiger charge is 2.30. The van der Waals surface area contributed by atoms with Crippen LogP contribution in [-0.2, 0) is 11.3 Å². The molecular weight excluding hydrogens is 238 g/mol. The summed E-state index contributed by atoms with van der Waals surface area (Å²) in [6, 6.07) is 8.19. The lowest BCUT2D eigenvalue weighted by atomic mass is 9.92. The number of methoxy groups -OCH3 is 1. The summed E-state index contributed by atoms with van der Waals surface area (Å²) in [6.07, 6.45) is 3.68. The van der Waals surface area contributed by atoms with E-state index in [1.807, 2.05) is 24.3 Å². The van der Waals surface area contributed by atoms with E-state index in [1.165, 1.54) is 26.4 Å². The van der Waals surface area contributed by atoms with E-state index >= 15 is 0 Å². The lowest BCUT2D eigenvalue weighted by molar-refractivity contribution is 0.0599. The molecule has 0 radical (unpaired) electrons. The van der Waals surface area contributed by atoms with E-state index in [0.29, 0.717) is 17.0 Å². The summed E-state index contributed by atoms with van der Waals surface area (Å²) in [7, 11) is 1.42. The van der Waals surface area contributed by atoms with Gasteiger partial charge in [0.25, 0.3) is 0 Å². The van der Waals surface area contributed by atoms with Crippen LogP contribution in [0.3, 0.4) is 0 Å². The van der Waals surface area contributed by atoms with Gasteiger partial charge in [0.15, 0.2) is 0 Å². The summed E-state index contributed by atoms with van der Waals surface area (Å²) >= 11 is 0. The van der Waals surface area contributed by atoms with Crippen molar-refractivity contribution >= 4 is 5.97 Å². The predicted octanol–water partition coefficient (Wildman–Crippen LogP) is 3.14. The quantitative estimate of drug-likeness (QED) is 0.846. The Labute approximate surface area is 115 Å². The fourth-order valence-electron chi connectivity index (χ4n) is 2.85. The molecule has 1 unspecified atom stereocenters. The van der Waals surface area contributed by atoms with Crippen LogP contribution >= 0.6 is 0 Å². The first-order chi connectivity index (χ1) is 9.02. The SMILES string of the molecule is COC(=O)c1ccccc1CNC1CCC(C)(C)C1. The number of nitrogens with one attached hydrogen (secondary N) is 1. The van der Waals surface area contributed by atoms with Crippen molar-refractivity contribution in [3.05, 3.63) is 35.4 Å². The number of esters is 1. The highest BCUT2D eigenvalue weighted by molar-refractivity contribution is 5.90. The Kier molecular flexibility index (Phi) is 4.25. The molecule has 1 aliphatic rings. The molecule has 0 saturated heterocycles. The van der Waals surface area contributed by atoms with Gasteiger partial charge < -0.3 is 10.1 Å². The number of hydrogen-bond acceptors (Lipinski definition) is 3. The molecular formula is C16H23NO2. The van der Waals surface area contributed by atoms with Gasteiger partial charge >= 0.3 is 5.97 Å². The van der Waals surface area contributed by atoms with Gasteiger partial charge in [-0.2, -0.15) is 0 Å². The van der Waals surface area contributed by atoms with Crippen LogP contribution in [0.25, 0.3) is 0 Å². The lowest BCUT2D eigenvalue weighted by Gasteiger charge is -2.18. The van der Waals surface area contributed by atoms with E-state index in [4.69, 9.17) is 4.74 Å². The van der Waals surface area contributed by atoms with Crippen LogP contribution in [-0.4, -0.2) is 19.1 Å². The van der Waals surface area contributed by atoms with Gasteiger partial charge in [-0.25, -0.2) is 4.79 Å². The predicted molar refractivity (Wildman–Crippen MR) is 76.0 cm³/mol. The van der Waals surface area contributed by atoms with Gasteiger partial charge in [0.2, 0.25) is 0 Å². The third-order valence-electron chi connectivity index (χ3n) is 3.97. The maximum Gasteiger partial charge on any atom is 0.338 e. The van der Waals surface area contributed by atoms with Crippen LogP contribution in [0.15, 0.2) is 24.3 Å². The molecule has 0 heterocycles. The van der Waals surface area contributed by atoms with E-state index < -0.39 is 0 Å². The molecule has 2 rings (SSSR count). The number of carbonyl (C=O) groups excluding carboxylic acids is 1. The number of benzene rings is 1. The third kappa shape index (κ3) is 3.57. The molecule has 0 spiro atoms. The van der Waals surface area contributed by atoms with Crippen molar-refractivity contribution in [1.29, 1.82) is 0 Å². The molecule has 1 N–H and O–H groups in total. The highest BCUT2D eigenvalue weighted by atomic mass is 16.5. The lowest BCUT2D eigenvalue weighted by Crippen LogP contribution is -2.27. The van der Waals surface area contributed by atoms with Crippen molar-refractivity contribution in [3.63, 3.8) is 0 Å². The molecule has 1 aliphatic carbocycles. The van der Waals surface area contributed by atoms with Gasteiger partial charge in [0.1, 0.15) is 0 Å². The molecule has 0 amide bonds. The van der Waals surface area contributed by atoms with E-state index in [2.05, 4.69) is 19.2 Å². The van der Waals surface area contributed by atoms with Gasteiger partial charge in [0.05, 0.1) is 12.7 Å². The van der Waals surface area contributed by atoms with Crippen LogP contribution in [0.4, 0.5) is 0 Å². The number of hydrogen-bond donors (Lipinski definition) is 1. The molecule has 0 aliphatic heterocycles. The van der Waals surface area contributed by atoms with E-state index in [0.717, 1.165) is 12.1 Å². The maximum atomic E-state index is 11.7. The standard InChI is InChI=1S/C16H23NO2/c1-16(2)9-8-13(10-16)17-11-12-6-4-5-7-14(12)15(18)19-3/h4-7,13,17H,8-11H2,1-3H3. The largest absolute Gasteiger partial charge is 0.465 e. The Balaban J connectivity index is 1.98. The molecule has 1 atom stereocenters. The minimum atomic E-state index is -0.260. The first kappa shape index (κ1) is 14.1. The second kappa shape index (κ2) is 5.74. The number of rotatable bonds is 4. The summed E-state index contributed by atoms with van der Waals surface area (Å²) in [5.41, 5.74) is 2.12. The number of ether oxygens (including phenoxy) is 1. The van der Waals surface area contributed by atoms with Gasteiger partial charge in [0, 0.05) is 12.6 Å². The fraction of sp³-hybridized carbons (Fsp3) is 0.562. The van der Waals surface area contributed by atoms with Crippen molar-refractivity contribution < 1.29 is 9.53 Å². The topological polar surface area (TPSA) is 38.3 Å². The van der Waals surface area contributed by atoms with Crippen LogP contribution in [0.2, 0.25) is 0 Å². The Morgan fingerprint density at radius 2 is 2.16 bits per heavy atom. The van der Waals surface area contributed by atoms with Gasteiger partial charge in [-0.1, -0.05) is 32.0 Å². The summed E-state index contributed by atoms with van der Waals surface area (Å²) in [5, 5.41) is 3.57. The Morgan fingerprint density at radius 1 is 1.42 bits per heavy atom. The summed E-state index contributed by atoms with van der Waals surface area (Å²) < 4.78 is 4.82. The molecule has 3 heteroatoms. The molecule has 1 aromatic carbocycles. The monoisotopic (exact) mass is 261 g/mol. The van der Waals surface area contributed by atoms with Crippen molar-refractivity contribution in [3.8, 4) is 0 Å². The summed E-state index contributed by atoms with van der Waals surface area (Å²) in [5.74, 6) is -0.260. The van der Waals surface area contributed by atoms with E-state index in [-0.39, 0.29) is 5.97 Å². The zero-order valence-corrected chi connectivity index (χ0v) is 12.0. The Hall–Kier alpha value is -1.35. The van der Waals surface area contributed by atoms with Crippen molar-refractivity contribution in [2.75, 3.05) is 7.11 Å². The van der Waals surface area contributed by atoms with Crippen molar-refractivity contribution in [2.45, 2.75) is 45.7 Å². The molecule has 3 nitrogen and oxygen atoms in total. The number of carbonyl (C=O) groups is 1. The minimum Gasteiger partial charge on any atom is -0.465 e. The molecule has 0 aromatic heterocycles. The first-order valence-corrected chi connectivity index (χ1v) is 6.91. The molecule has 1 fully saturated rings. The van der Waals surface area contributed by atoms with Gasteiger partial charge in [-0.05, 0) is 36.3 Å². The van der Waals surface area contributed by atoms with Gasteiger partial charge in [-0.15, -0.1) is 0 Å². The average molecular weight is 261 g/mol. The summed E-state index contributed by atoms with van der Waals surface area (Å²) in [6.45, 7) is 5.36. The molecule has 104 valence electrons. The van der Waals surface area contributed by atoms with Gasteiger partial charge in [-0.3, -0.25) is 0 Å². The van der Waals surface area contributed by atoms with Crippen LogP contribution in [0.5, 0.6) is 0 Å². The molecule has 1 aromatic rings. The zero-order chi connectivity index (χ0) is 13.9. The van der Waals surface area contributed by atoms with Crippen molar-refractivity contribution in [2.24, 2.45) is 5.41 Å². The van der Waals surface area contributed by atoms with E-state index in [9.17, 15) is 4.79 Å². The van der Waals surface area contributed by atoms with Crippen LogP contribution in [0, 0.1) is 5.41 Å². The second-order valence-corrected chi connectivity index (χ2v) is 6.13. The maximum absolute atomic E-state index is 11.7. The minimum absolute atomic E-state index is 0.260. The Bertz CT molecular complexity index is 454. The van der Waals surface area contributed by atoms with Crippen LogP contribution < -0.4 is 5.32 Å². The second-order valence-electron chi connectivity index (χ2n) is 6.13. The highest BCUT2D eigenvalue weighted by Crippen LogP contribution is 2.37. The molecule has 1 saturated carbocycles.